The Labute approximate surface area is 124 Å². The van der Waals surface area contributed by atoms with Gasteiger partial charge in [-0.15, -0.1) is 11.3 Å². The molecule has 0 radical (unpaired) electrons. The van der Waals surface area contributed by atoms with E-state index in [9.17, 15) is 10.1 Å². The molecule has 108 valence electrons. The Morgan fingerprint density at radius 1 is 1.60 bits per heavy atom. The van der Waals surface area contributed by atoms with E-state index >= 15 is 0 Å². The average molecular weight is 291 g/mol. The highest BCUT2D eigenvalue weighted by Crippen LogP contribution is 2.42. The van der Waals surface area contributed by atoms with Crippen molar-refractivity contribution in [3.05, 3.63) is 10.4 Å². The van der Waals surface area contributed by atoms with Crippen molar-refractivity contribution in [1.82, 2.24) is 0 Å². The molecule has 1 aliphatic rings. The van der Waals surface area contributed by atoms with Gasteiger partial charge in [0.15, 0.2) is 5.78 Å². The number of nitrogens with one attached hydrogen (secondary N) is 1. The van der Waals surface area contributed by atoms with Crippen LogP contribution in [0.4, 0.5) is 10.7 Å². The molecule has 0 amide bonds. The number of rotatable bonds is 6. The molecule has 0 aliphatic heterocycles. The van der Waals surface area contributed by atoms with E-state index in [1.807, 2.05) is 13.8 Å². The lowest BCUT2D eigenvalue weighted by molar-refractivity contribution is 0.0944. The first kappa shape index (κ1) is 14.9. The third-order valence-electron chi connectivity index (χ3n) is 3.70. The van der Waals surface area contributed by atoms with E-state index in [2.05, 4.69) is 18.3 Å². The Morgan fingerprint density at radius 2 is 2.30 bits per heavy atom. The van der Waals surface area contributed by atoms with Crippen LogP contribution in [0.1, 0.15) is 55.3 Å². The quantitative estimate of drug-likeness (QED) is 0.784. The van der Waals surface area contributed by atoms with Crippen LogP contribution >= 0.6 is 11.3 Å². The fourth-order valence-electron chi connectivity index (χ4n) is 2.38. The Hall–Kier alpha value is -1.54. The Morgan fingerprint density at radius 3 is 2.85 bits per heavy atom. The highest BCUT2D eigenvalue weighted by molar-refractivity contribution is 7.19. The van der Waals surface area contributed by atoms with Crippen molar-refractivity contribution in [3.63, 3.8) is 0 Å². The van der Waals surface area contributed by atoms with E-state index in [1.165, 1.54) is 24.2 Å². The number of thiophene rings is 1. The molecule has 1 heterocycles. The van der Waals surface area contributed by atoms with Crippen molar-refractivity contribution in [1.29, 1.82) is 5.26 Å². The number of nitrogens with zero attached hydrogens (tertiary/aromatic N) is 1. The zero-order chi connectivity index (χ0) is 14.9. The largest absolute Gasteiger partial charge is 0.396 e. The summed E-state index contributed by atoms with van der Waals surface area (Å²) in [6.07, 6.45) is 3.53. The van der Waals surface area contributed by atoms with Crippen LogP contribution in [0.2, 0.25) is 0 Å². The summed E-state index contributed by atoms with van der Waals surface area (Å²) in [6, 6.07) is 2.56. The van der Waals surface area contributed by atoms with Crippen LogP contribution in [0.25, 0.3) is 0 Å². The van der Waals surface area contributed by atoms with Crippen molar-refractivity contribution >= 4 is 27.8 Å². The summed E-state index contributed by atoms with van der Waals surface area (Å²) in [5.74, 6) is 0.598. The summed E-state index contributed by atoms with van der Waals surface area (Å²) in [4.78, 5) is 12.6. The van der Waals surface area contributed by atoms with Crippen LogP contribution in [0, 0.1) is 23.2 Å². The number of ketones is 1. The minimum Gasteiger partial charge on any atom is -0.396 e. The van der Waals surface area contributed by atoms with Gasteiger partial charge in [0.25, 0.3) is 0 Å². The number of carbonyl (C=O) groups is 1. The summed E-state index contributed by atoms with van der Waals surface area (Å²) in [5.41, 5.74) is 6.74. The SMILES string of the molecule is CCCC1CC1Nc1sc(C(=O)C(C)C)c(N)c1C#N. The van der Waals surface area contributed by atoms with Crippen molar-refractivity contribution in [3.8, 4) is 6.07 Å². The third kappa shape index (κ3) is 2.80. The van der Waals surface area contributed by atoms with E-state index in [4.69, 9.17) is 5.73 Å². The Balaban J connectivity index is 2.20. The fourth-order valence-corrected chi connectivity index (χ4v) is 3.60. The summed E-state index contributed by atoms with van der Waals surface area (Å²) >= 11 is 1.33. The fraction of sp³-hybridized carbons (Fsp3) is 0.600. The molecule has 2 unspecified atom stereocenters. The summed E-state index contributed by atoms with van der Waals surface area (Å²) in [5, 5.41) is 13.4. The molecule has 2 atom stereocenters. The van der Waals surface area contributed by atoms with Gasteiger partial charge in [0, 0.05) is 12.0 Å². The Bertz CT molecular complexity index is 556. The van der Waals surface area contributed by atoms with Gasteiger partial charge in [-0.1, -0.05) is 27.2 Å². The van der Waals surface area contributed by atoms with E-state index in [0.29, 0.717) is 28.1 Å². The molecule has 1 saturated carbocycles. The Kier molecular flexibility index (Phi) is 4.34. The molecule has 1 fully saturated rings. The predicted octanol–water partition coefficient (Wildman–Crippen LogP) is 3.64. The molecule has 5 heteroatoms. The monoisotopic (exact) mass is 291 g/mol. The molecule has 1 aliphatic carbocycles. The first-order valence-electron chi connectivity index (χ1n) is 7.12. The van der Waals surface area contributed by atoms with Gasteiger partial charge in [0.1, 0.15) is 16.6 Å². The number of anilines is 2. The van der Waals surface area contributed by atoms with Crippen LogP contribution in [-0.4, -0.2) is 11.8 Å². The van der Waals surface area contributed by atoms with Gasteiger partial charge in [0.2, 0.25) is 0 Å². The van der Waals surface area contributed by atoms with Crippen LogP contribution in [0.15, 0.2) is 0 Å². The molecule has 0 spiro atoms. The van der Waals surface area contributed by atoms with Crippen molar-refractivity contribution in [2.45, 2.75) is 46.1 Å². The minimum absolute atomic E-state index is 0.0120. The van der Waals surface area contributed by atoms with E-state index in [1.54, 1.807) is 0 Å². The van der Waals surface area contributed by atoms with Crippen LogP contribution in [-0.2, 0) is 0 Å². The molecule has 1 aromatic heterocycles. The standard InChI is InChI=1S/C15H21N3OS/c1-4-5-9-6-11(9)18-15-10(7-16)12(17)14(20-15)13(19)8(2)3/h8-9,11,18H,4-6,17H2,1-3H3. The summed E-state index contributed by atoms with van der Waals surface area (Å²) < 4.78 is 0. The number of nitriles is 1. The number of Topliss-reactive ketones (excluding diaryl/α,β-unsaturated/α-hetero) is 1. The first-order chi connectivity index (χ1) is 9.49. The molecule has 0 saturated heterocycles. The molecular formula is C15H21N3OS. The van der Waals surface area contributed by atoms with Crippen LogP contribution in [0.5, 0.6) is 0 Å². The number of nitrogen functional groups attached to an aromatic ring is 1. The maximum atomic E-state index is 12.1. The van der Waals surface area contributed by atoms with Gasteiger partial charge < -0.3 is 11.1 Å². The van der Waals surface area contributed by atoms with E-state index in [-0.39, 0.29) is 11.7 Å². The number of carbonyl (C=O) groups excluding carboxylic acids is 1. The molecule has 4 nitrogen and oxygen atoms in total. The van der Waals surface area contributed by atoms with E-state index in [0.717, 1.165) is 11.4 Å². The van der Waals surface area contributed by atoms with Gasteiger partial charge in [0.05, 0.1) is 10.6 Å². The van der Waals surface area contributed by atoms with Crippen LogP contribution in [0.3, 0.4) is 0 Å². The normalized spacial score (nSPS) is 20.8. The zero-order valence-electron chi connectivity index (χ0n) is 12.2. The third-order valence-corrected chi connectivity index (χ3v) is 4.85. The van der Waals surface area contributed by atoms with Crippen molar-refractivity contribution < 1.29 is 4.79 Å². The second kappa shape index (κ2) is 5.84. The van der Waals surface area contributed by atoms with Gasteiger partial charge in [-0.2, -0.15) is 5.26 Å². The van der Waals surface area contributed by atoms with Crippen molar-refractivity contribution in [2.75, 3.05) is 11.1 Å². The van der Waals surface area contributed by atoms with Crippen molar-refractivity contribution in [2.24, 2.45) is 11.8 Å². The molecule has 0 aromatic carbocycles. The number of nitrogens with two attached hydrogens (primary N) is 1. The van der Waals surface area contributed by atoms with Gasteiger partial charge in [-0.3, -0.25) is 4.79 Å². The van der Waals surface area contributed by atoms with Gasteiger partial charge in [-0.25, -0.2) is 0 Å². The highest BCUT2D eigenvalue weighted by Gasteiger charge is 2.37. The smallest absolute Gasteiger partial charge is 0.177 e. The second-order valence-electron chi connectivity index (χ2n) is 5.72. The lowest BCUT2D eigenvalue weighted by atomic mass is 10.1. The second-order valence-corrected chi connectivity index (χ2v) is 6.74. The maximum Gasteiger partial charge on any atom is 0.177 e. The summed E-state index contributed by atoms with van der Waals surface area (Å²) in [6.45, 7) is 5.87. The first-order valence-corrected chi connectivity index (χ1v) is 7.94. The number of hydrogen-bond donors (Lipinski definition) is 2. The topological polar surface area (TPSA) is 78.9 Å². The predicted molar refractivity (Wildman–Crippen MR) is 83.0 cm³/mol. The maximum absolute atomic E-state index is 12.1. The minimum atomic E-state index is -0.107. The molecular weight excluding hydrogens is 270 g/mol. The lowest BCUT2D eigenvalue weighted by Crippen LogP contribution is -2.07. The lowest BCUT2D eigenvalue weighted by Gasteiger charge is -2.02. The molecule has 3 N–H and O–H groups in total. The summed E-state index contributed by atoms with van der Waals surface area (Å²) in [7, 11) is 0. The van der Waals surface area contributed by atoms with E-state index < -0.39 is 0 Å². The molecule has 2 rings (SSSR count). The molecule has 0 bridgehead atoms. The average Bonchev–Trinajstić information content (AvgIpc) is 3.04. The van der Waals surface area contributed by atoms with Gasteiger partial charge >= 0.3 is 0 Å². The zero-order valence-corrected chi connectivity index (χ0v) is 13.0. The van der Waals surface area contributed by atoms with Gasteiger partial charge in [-0.05, 0) is 18.8 Å². The van der Waals surface area contributed by atoms with Crippen LogP contribution < -0.4 is 11.1 Å². The number of hydrogen-bond acceptors (Lipinski definition) is 5. The highest BCUT2D eigenvalue weighted by atomic mass is 32.1. The molecule has 1 aromatic rings. The molecule has 20 heavy (non-hydrogen) atoms.